The van der Waals surface area contributed by atoms with Gasteiger partial charge < -0.3 is 9.47 Å². The van der Waals surface area contributed by atoms with Crippen molar-refractivity contribution in [1.82, 2.24) is 0 Å². The average molecular weight is 252 g/mol. The van der Waals surface area contributed by atoms with Crippen LogP contribution in [0.5, 0.6) is 0 Å². The second kappa shape index (κ2) is 8.11. The summed E-state index contributed by atoms with van der Waals surface area (Å²) in [6.07, 6.45) is 9.04. The van der Waals surface area contributed by atoms with E-state index in [4.69, 9.17) is 9.47 Å². The fraction of sp³-hybridized carbons (Fsp3) is 0.857. The molecular weight excluding hydrogens is 228 g/mol. The molecule has 0 radical (unpaired) electrons. The highest BCUT2D eigenvalue weighted by Gasteiger charge is 2.07. The zero-order valence-corrected chi connectivity index (χ0v) is 11.2. The third-order valence-corrected chi connectivity index (χ3v) is 3.25. The average Bonchev–Trinajstić information content (AvgIpc) is 2.45. The van der Waals surface area contributed by atoms with E-state index in [0.717, 1.165) is 63.8 Å². The first kappa shape index (κ1) is 13.4. The number of aliphatic imine (C=N–C) groups is 2. The molecule has 0 atom stereocenters. The van der Waals surface area contributed by atoms with Crippen LogP contribution in [0.1, 0.15) is 51.4 Å². The molecule has 0 aromatic heterocycles. The van der Waals surface area contributed by atoms with Crippen LogP contribution in [0.4, 0.5) is 0 Å². The first-order chi connectivity index (χ1) is 8.95. The molecule has 0 saturated heterocycles. The predicted octanol–water partition coefficient (Wildman–Crippen LogP) is 2.96. The molecule has 4 heteroatoms. The largest absolute Gasteiger partial charge is 0.481 e. The minimum Gasteiger partial charge on any atom is -0.481 e. The van der Waals surface area contributed by atoms with Crippen LogP contribution in [-0.4, -0.2) is 38.1 Å². The second-order valence-electron chi connectivity index (χ2n) is 4.87. The quantitative estimate of drug-likeness (QED) is 0.654. The lowest BCUT2D eigenvalue weighted by Crippen LogP contribution is -2.13. The maximum Gasteiger partial charge on any atom is 0.183 e. The minimum absolute atomic E-state index is 0.857. The SMILES string of the molecule is C(CCCC1=NCCCO1)CCC1=NCCCO1. The summed E-state index contributed by atoms with van der Waals surface area (Å²) in [5.41, 5.74) is 0. The van der Waals surface area contributed by atoms with Crippen molar-refractivity contribution < 1.29 is 9.47 Å². The number of unbranched alkanes of at least 4 members (excludes halogenated alkanes) is 3. The van der Waals surface area contributed by atoms with Crippen LogP contribution in [0.2, 0.25) is 0 Å². The lowest BCUT2D eigenvalue weighted by molar-refractivity contribution is 0.270. The molecule has 0 saturated carbocycles. The van der Waals surface area contributed by atoms with Gasteiger partial charge in [0.1, 0.15) is 0 Å². The Bertz CT molecular complexity index is 270. The molecule has 0 unspecified atom stereocenters. The highest BCUT2D eigenvalue weighted by atomic mass is 16.5. The van der Waals surface area contributed by atoms with Gasteiger partial charge in [0.05, 0.1) is 13.2 Å². The van der Waals surface area contributed by atoms with E-state index in [-0.39, 0.29) is 0 Å². The fourth-order valence-electron chi connectivity index (χ4n) is 2.22. The molecule has 102 valence electrons. The van der Waals surface area contributed by atoms with Crippen LogP contribution in [0.3, 0.4) is 0 Å². The Morgan fingerprint density at radius 3 is 1.61 bits per heavy atom. The predicted molar refractivity (Wildman–Crippen MR) is 73.4 cm³/mol. The molecule has 2 aliphatic rings. The summed E-state index contributed by atoms with van der Waals surface area (Å²) >= 11 is 0. The molecule has 0 spiro atoms. The Balaban J connectivity index is 1.46. The standard InChI is InChI=1S/C14H24N2O2/c1(3-7-13-15-9-5-11-17-13)2-4-8-14-16-10-6-12-18-14/h1-12H2. The van der Waals surface area contributed by atoms with E-state index < -0.39 is 0 Å². The lowest BCUT2D eigenvalue weighted by atomic mass is 10.1. The van der Waals surface area contributed by atoms with E-state index in [2.05, 4.69) is 9.98 Å². The molecule has 0 aromatic carbocycles. The molecule has 2 aliphatic heterocycles. The van der Waals surface area contributed by atoms with Gasteiger partial charge in [-0.2, -0.15) is 0 Å². The van der Waals surface area contributed by atoms with Gasteiger partial charge in [0.2, 0.25) is 0 Å². The smallest absolute Gasteiger partial charge is 0.183 e. The number of nitrogens with zero attached hydrogens (tertiary/aromatic N) is 2. The summed E-state index contributed by atoms with van der Waals surface area (Å²) in [5.74, 6) is 1.95. The van der Waals surface area contributed by atoms with E-state index in [9.17, 15) is 0 Å². The van der Waals surface area contributed by atoms with Crippen molar-refractivity contribution in [2.75, 3.05) is 26.3 Å². The maximum absolute atomic E-state index is 5.49. The van der Waals surface area contributed by atoms with Gasteiger partial charge in [0, 0.05) is 38.8 Å². The number of hydrogen-bond acceptors (Lipinski definition) is 4. The Hall–Kier alpha value is -1.06. The van der Waals surface area contributed by atoms with Crippen molar-refractivity contribution >= 4 is 11.8 Å². The number of hydrogen-bond donors (Lipinski definition) is 0. The molecule has 0 aliphatic carbocycles. The van der Waals surface area contributed by atoms with Gasteiger partial charge in [-0.3, -0.25) is 9.98 Å². The van der Waals surface area contributed by atoms with Crippen LogP contribution in [0.25, 0.3) is 0 Å². The van der Waals surface area contributed by atoms with Crippen molar-refractivity contribution in [2.45, 2.75) is 51.4 Å². The first-order valence-electron chi connectivity index (χ1n) is 7.27. The Morgan fingerprint density at radius 1 is 0.722 bits per heavy atom. The van der Waals surface area contributed by atoms with E-state index in [0.29, 0.717) is 0 Å². The zero-order chi connectivity index (χ0) is 12.5. The van der Waals surface area contributed by atoms with Gasteiger partial charge in [0.15, 0.2) is 11.8 Å². The third-order valence-electron chi connectivity index (χ3n) is 3.25. The first-order valence-corrected chi connectivity index (χ1v) is 7.27. The Morgan fingerprint density at radius 2 is 1.22 bits per heavy atom. The molecule has 0 amide bonds. The van der Waals surface area contributed by atoms with E-state index in [1.54, 1.807) is 0 Å². The monoisotopic (exact) mass is 252 g/mol. The topological polar surface area (TPSA) is 43.2 Å². The Labute approximate surface area is 109 Å². The third kappa shape index (κ3) is 5.07. The van der Waals surface area contributed by atoms with Crippen LogP contribution >= 0.6 is 0 Å². The molecule has 18 heavy (non-hydrogen) atoms. The number of ether oxygens (including phenoxy) is 2. The molecule has 4 nitrogen and oxygen atoms in total. The van der Waals surface area contributed by atoms with Crippen molar-refractivity contribution in [2.24, 2.45) is 9.98 Å². The Kier molecular flexibility index (Phi) is 6.03. The second-order valence-corrected chi connectivity index (χ2v) is 4.87. The van der Waals surface area contributed by atoms with Crippen LogP contribution in [0, 0.1) is 0 Å². The van der Waals surface area contributed by atoms with Crippen molar-refractivity contribution in [3.8, 4) is 0 Å². The summed E-state index contributed by atoms with van der Waals surface area (Å²) in [6.45, 7) is 3.62. The molecule has 0 fully saturated rings. The summed E-state index contributed by atoms with van der Waals surface area (Å²) < 4.78 is 11.0. The lowest BCUT2D eigenvalue weighted by Gasteiger charge is -2.14. The van der Waals surface area contributed by atoms with Gasteiger partial charge >= 0.3 is 0 Å². The van der Waals surface area contributed by atoms with Gasteiger partial charge in [-0.25, -0.2) is 0 Å². The van der Waals surface area contributed by atoms with Gasteiger partial charge in [0.25, 0.3) is 0 Å². The van der Waals surface area contributed by atoms with Crippen LogP contribution in [-0.2, 0) is 9.47 Å². The summed E-state index contributed by atoms with van der Waals surface area (Å²) in [7, 11) is 0. The van der Waals surface area contributed by atoms with Crippen molar-refractivity contribution in [1.29, 1.82) is 0 Å². The minimum atomic E-state index is 0.857. The molecule has 2 heterocycles. The van der Waals surface area contributed by atoms with Crippen molar-refractivity contribution in [3.63, 3.8) is 0 Å². The highest BCUT2D eigenvalue weighted by molar-refractivity contribution is 5.76. The van der Waals surface area contributed by atoms with Crippen LogP contribution < -0.4 is 0 Å². The van der Waals surface area contributed by atoms with Gasteiger partial charge in [-0.05, 0) is 12.8 Å². The normalized spacial score (nSPS) is 19.6. The van der Waals surface area contributed by atoms with E-state index in [1.807, 2.05) is 0 Å². The van der Waals surface area contributed by atoms with Gasteiger partial charge in [-0.15, -0.1) is 0 Å². The van der Waals surface area contributed by atoms with Crippen LogP contribution in [0.15, 0.2) is 9.98 Å². The van der Waals surface area contributed by atoms with E-state index in [1.165, 1.54) is 25.7 Å². The highest BCUT2D eigenvalue weighted by Crippen LogP contribution is 2.11. The summed E-state index contributed by atoms with van der Waals surface area (Å²) in [5, 5.41) is 0. The molecule has 0 N–H and O–H groups in total. The zero-order valence-electron chi connectivity index (χ0n) is 11.2. The molecule has 0 bridgehead atoms. The van der Waals surface area contributed by atoms with E-state index >= 15 is 0 Å². The van der Waals surface area contributed by atoms with Crippen molar-refractivity contribution in [3.05, 3.63) is 0 Å². The molecular formula is C14H24N2O2. The summed E-state index contributed by atoms with van der Waals surface area (Å²) in [6, 6.07) is 0. The molecule has 2 rings (SSSR count). The molecule has 0 aromatic rings. The fourth-order valence-corrected chi connectivity index (χ4v) is 2.22. The summed E-state index contributed by atoms with van der Waals surface area (Å²) in [4.78, 5) is 8.75. The number of rotatable bonds is 7. The maximum atomic E-state index is 5.49. The van der Waals surface area contributed by atoms with Gasteiger partial charge in [-0.1, -0.05) is 12.8 Å².